The molecule has 0 spiro atoms. The van der Waals surface area contributed by atoms with Gasteiger partial charge in [0.05, 0.1) is 18.6 Å². The van der Waals surface area contributed by atoms with E-state index in [0.29, 0.717) is 18.8 Å². The molecule has 0 aliphatic rings. The third-order valence-electron chi connectivity index (χ3n) is 3.74. The first-order valence-electron chi connectivity index (χ1n) is 8.04. The van der Waals surface area contributed by atoms with E-state index < -0.39 is 11.6 Å². The van der Waals surface area contributed by atoms with Crippen LogP contribution in [0.2, 0.25) is 0 Å². The predicted molar refractivity (Wildman–Crippen MR) is 96.5 cm³/mol. The minimum Gasteiger partial charge on any atom is -0.467 e. The summed E-state index contributed by atoms with van der Waals surface area (Å²) < 4.78 is 32.1. The van der Waals surface area contributed by atoms with Crippen molar-refractivity contribution in [2.75, 3.05) is 5.75 Å². The molecular weight excluding hydrogens is 356 g/mol. The molecule has 134 valence electrons. The van der Waals surface area contributed by atoms with Crippen molar-refractivity contribution in [2.24, 2.45) is 0 Å². The molecule has 0 atom stereocenters. The molecule has 0 N–H and O–H groups in total. The topological polar surface area (TPSA) is 33.5 Å². The van der Waals surface area contributed by atoms with Crippen molar-refractivity contribution in [2.45, 2.75) is 18.0 Å². The average molecular weight is 373 g/mol. The highest BCUT2D eigenvalue weighted by Gasteiger charge is 2.17. The molecule has 0 aliphatic heterocycles. The van der Waals surface area contributed by atoms with Crippen LogP contribution >= 0.6 is 11.8 Å². The van der Waals surface area contributed by atoms with Crippen molar-refractivity contribution in [3.63, 3.8) is 0 Å². The highest BCUT2D eigenvalue weighted by atomic mass is 32.2. The monoisotopic (exact) mass is 373 g/mol. The molecule has 0 bridgehead atoms. The van der Waals surface area contributed by atoms with Gasteiger partial charge in [-0.05, 0) is 29.8 Å². The van der Waals surface area contributed by atoms with Gasteiger partial charge in [-0.15, -0.1) is 11.8 Å². The lowest BCUT2D eigenvalue weighted by Gasteiger charge is -2.22. The van der Waals surface area contributed by atoms with Gasteiger partial charge in [0.25, 0.3) is 0 Å². The highest BCUT2D eigenvalue weighted by molar-refractivity contribution is 8.00. The Morgan fingerprint density at radius 3 is 2.50 bits per heavy atom. The number of benzene rings is 2. The Kier molecular flexibility index (Phi) is 6.07. The molecule has 26 heavy (non-hydrogen) atoms. The first-order chi connectivity index (χ1) is 12.6. The minimum atomic E-state index is -0.663. The smallest absolute Gasteiger partial charge is 0.233 e. The molecule has 2 aromatic carbocycles. The van der Waals surface area contributed by atoms with Crippen molar-refractivity contribution in [1.29, 1.82) is 0 Å². The summed E-state index contributed by atoms with van der Waals surface area (Å²) in [6, 6.07) is 16.5. The van der Waals surface area contributed by atoms with Gasteiger partial charge < -0.3 is 9.32 Å². The van der Waals surface area contributed by atoms with Gasteiger partial charge in [0, 0.05) is 17.5 Å². The number of hydrogen-bond donors (Lipinski definition) is 0. The fourth-order valence-corrected chi connectivity index (χ4v) is 3.27. The molecule has 0 saturated carbocycles. The number of thioether (sulfide) groups is 1. The van der Waals surface area contributed by atoms with E-state index in [4.69, 9.17) is 4.42 Å². The Labute approximate surface area is 154 Å². The van der Waals surface area contributed by atoms with Crippen LogP contribution in [0.25, 0.3) is 0 Å². The highest BCUT2D eigenvalue weighted by Crippen LogP contribution is 2.23. The third kappa shape index (κ3) is 4.95. The van der Waals surface area contributed by atoms with Crippen LogP contribution in [0.3, 0.4) is 0 Å². The van der Waals surface area contributed by atoms with Crippen molar-refractivity contribution < 1.29 is 18.0 Å². The van der Waals surface area contributed by atoms with E-state index in [-0.39, 0.29) is 16.6 Å². The molecule has 6 heteroatoms. The minimum absolute atomic E-state index is 0.0517. The normalized spacial score (nSPS) is 10.7. The summed E-state index contributed by atoms with van der Waals surface area (Å²) in [5.41, 5.74) is 0.991. The average Bonchev–Trinajstić information content (AvgIpc) is 3.14. The van der Waals surface area contributed by atoms with Gasteiger partial charge in [0.2, 0.25) is 5.91 Å². The summed E-state index contributed by atoms with van der Waals surface area (Å²) in [5, 5.41) is 0. The van der Waals surface area contributed by atoms with Crippen LogP contribution in [-0.4, -0.2) is 16.6 Å². The summed E-state index contributed by atoms with van der Waals surface area (Å²) in [6.07, 6.45) is 1.56. The largest absolute Gasteiger partial charge is 0.467 e. The van der Waals surface area contributed by atoms with Gasteiger partial charge in [-0.2, -0.15) is 0 Å². The van der Waals surface area contributed by atoms with Crippen LogP contribution in [0, 0.1) is 11.6 Å². The first kappa shape index (κ1) is 18.2. The van der Waals surface area contributed by atoms with E-state index in [1.807, 2.05) is 30.3 Å². The molecule has 1 aromatic heterocycles. The Hall–Kier alpha value is -2.60. The quantitative estimate of drug-likeness (QED) is 0.554. The van der Waals surface area contributed by atoms with E-state index in [9.17, 15) is 13.6 Å². The Morgan fingerprint density at radius 2 is 1.81 bits per heavy atom. The zero-order chi connectivity index (χ0) is 18.4. The standard InChI is InChI=1S/C20H17F2NO2S/c21-16-8-9-19(18(22)11-16)26-14-20(24)23(13-17-7-4-10-25-17)12-15-5-2-1-3-6-15/h1-11H,12-14H2. The van der Waals surface area contributed by atoms with E-state index in [1.54, 1.807) is 23.3 Å². The lowest BCUT2D eigenvalue weighted by atomic mass is 10.2. The number of halogens is 2. The van der Waals surface area contributed by atoms with Crippen LogP contribution < -0.4 is 0 Å². The first-order valence-corrected chi connectivity index (χ1v) is 9.02. The zero-order valence-electron chi connectivity index (χ0n) is 13.9. The molecule has 1 heterocycles. The second-order valence-electron chi connectivity index (χ2n) is 5.68. The number of amides is 1. The van der Waals surface area contributed by atoms with E-state index in [2.05, 4.69) is 0 Å². The van der Waals surface area contributed by atoms with Gasteiger partial charge in [0.1, 0.15) is 17.4 Å². The maximum absolute atomic E-state index is 13.8. The van der Waals surface area contributed by atoms with Gasteiger partial charge in [-0.1, -0.05) is 30.3 Å². The molecule has 0 aliphatic carbocycles. The fourth-order valence-electron chi connectivity index (χ4n) is 2.45. The SMILES string of the molecule is O=C(CSc1ccc(F)cc1F)N(Cc1ccccc1)Cc1ccco1. The van der Waals surface area contributed by atoms with Crippen molar-refractivity contribution in [3.05, 3.63) is 89.9 Å². The van der Waals surface area contributed by atoms with Crippen LogP contribution in [0.5, 0.6) is 0 Å². The number of rotatable bonds is 7. The Bertz CT molecular complexity index is 854. The Balaban J connectivity index is 1.69. The van der Waals surface area contributed by atoms with Crippen LogP contribution in [0.4, 0.5) is 8.78 Å². The van der Waals surface area contributed by atoms with Gasteiger partial charge in [-0.25, -0.2) is 8.78 Å². The lowest BCUT2D eigenvalue weighted by molar-refractivity contribution is -0.129. The molecule has 3 nitrogen and oxygen atoms in total. The summed E-state index contributed by atoms with van der Waals surface area (Å²) in [7, 11) is 0. The summed E-state index contributed by atoms with van der Waals surface area (Å²) in [6.45, 7) is 0.750. The number of nitrogens with zero attached hydrogens (tertiary/aromatic N) is 1. The molecular formula is C20H17F2NO2S. The zero-order valence-corrected chi connectivity index (χ0v) is 14.7. The molecule has 0 unspecified atom stereocenters. The maximum atomic E-state index is 13.8. The molecule has 0 fully saturated rings. The number of carbonyl (C=O) groups is 1. The van der Waals surface area contributed by atoms with Gasteiger partial charge >= 0.3 is 0 Å². The summed E-state index contributed by atoms with van der Waals surface area (Å²) in [5.74, 6) is -0.729. The number of carbonyl (C=O) groups excluding carboxylic acids is 1. The predicted octanol–water partition coefficient (Wildman–Crippen LogP) is 4.88. The van der Waals surface area contributed by atoms with Crippen molar-refractivity contribution in [3.8, 4) is 0 Å². The van der Waals surface area contributed by atoms with Crippen LogP contribution in [0.15, 0.2) is 76.2 Å². The number of hydrogen-bond acceptors (Lipinski definition) is 3. The Morgan fingerprint density at radius 1 is 1.00 bits per heavy atom. The molecule has 3 aromatic rings. The molecule has 0 saturated heterocycles. The molecule has 0 radical (unpaired) electrons. The summed E-state index contributed by atoms with van der Waals surface area (Å²) >= 11 is 1.05. The fraction of sp³-hybridized carbons (Fsp3) is 0.150. The second-order valence-corrected chi connectivity index (χ2v) is 6.70. The van der Waals surface area contributed by atoms with Crippen LogP contribution in [0.1, 0.15) is 11.3 Å². The third-order valence-corrected chi connectivity index (χ3v) is 4.77. The lowest BCUT2D eigenvalue weighted by Crippen LogP contribution is -2.31. The van der Waals surface area contributed by atoms with Gasteiger partial charge in [-0.3, -0.25) is 4.79 Å². The maximum Gasteiger partial charge on any atom is 0.233 e. The summed E-state index contributed by atoms with van der Waals surface area (Å²) in [4.78, 5) is 14.6. The van der Waals surface area contributed by atoms with Crippen molar-refractivity contribution in [1.82, 2.24) is 4.90 Å². The number of furan rings is 1. The van der Waals surface area contributed by atoms with Gasteiger partial charge in [0.15, 0.2) is 0 Å². The van der Waals surface area contributed by atoms with Crippen molar-refractivity contribution >= 4 is 17.7 Å². The molecule has 1 amide bonds. The second kappa shape index (κ2) is 8.67. The van der Waals surface area contributed by atoms with E-state index in [1.165, 1.54) is 12.1 Å². The van der Waals surface area contributed by atoms with E-state index in [0.717, 1.165) is 23.4 Å². The van der Waals surface area contributed by atoms with Crippen LogP contribution in [-0.2, 0) is 17.9 Å². The molecule has 3 rings (SSSR count). The van der Waals surface area contributed by atoms with E-state index >= 15 is 0 Å².